The average Bonchev–Trinajstić information content (AvgIpc) is 2.91. The summed E-state index contributed by atoms with van der Waals surface area (Å²) in [6, 6.07) is 3.94. The molecule has 1 aliphatic rings. The molecule has 0 spiro atoms. The fraction of sp³-hybridized carbons (Fsp3) is 0.167. The minimum absolute atomic E-state index is 0.288. The zero-order valence-corrected chi connectivity index (χ0v) is 10.7. The first-order valence-electron chi connectivity index (χ1n) is 6.03. The van der Waals surface area contributed by atoms with Gasteiger partial charge in [0.2, 0.25) is 5.95 Å². The lowest BCUT2D eigenvalue weighted by Gasteiger charge is -2.21. The van der Waals surface area contributed by atoms with Crippen LogP contribution >= 0.6 is 0 Å². The molecule has 0 saturated carbocycles. The van der Waals surface area contributed by atoms with Crippen molar-refractivity contribution in [1.82, 2.24) is 19.7 Å². The van der Waals surface area contributed by atoms with Gasteiger partial charge in [-0.1, -0.05) is 6.07 Å². The Labute approximate surface area is 121 Å². The van der Waals surface area contributed by atoms with Crippen LogP contribution in [-0.2, 0) is 11.0 Å². The second-order valence-electron chi connectivity index (χ2n) is 4.41. The third-order valence-corrected chi connectivity index (χ3v) is 2.94. The summed E-state index contributed by atoms with van der Waals surface area (Å²) in [5.41, 5.74) is 0.0619. The summed E-state index contributed by atoms with van der Waals surface area (Å²) in [6.45, 7) is 0. The lowest BCUT2D eigenvalue weighted by atomic mass is 10.1. The number of alkyl halides is 3. The van der Waals surface area contributed by atoms with Crippen LogP contribution < -0.4 is 5.32 Å². The largest absolute Gasteiger partial charge is 0.477 e. The first-order valence-corrected chi connectivity index (χ1v) is 6.03. The molecule has 0 aromatic carbocycles. The number of pyridine rings is 1. The number of rotatable bonds is 2. The maximum absolute atomic E-state index is 12.7. The number of anilines is 1. The van der Waals surface area contributed by atoms with Gasteiger partial charge in [-0.3, -0.25) is 4.98 Å². The van der Waals surface area contributed by atoms with Crippen LogP contribution in [0.5, 0.6) is 0 Å². The van der Waals surface area contributed by atoms with Crippen molar-refractivity contribution in [3.05, 3.63) is 47.7 Å². The van der Waals surface area contributed by atoms with Gasteiger partial charge < -0.3 is 10.4 Å². The van der Waals surface area contributed by atoms with Crippen molar-refractivity contribution in [2.45, 2.75) is 12.2 Å². The van der Waals surface area contributed by atoms with Crippen LogP contribution in [0.15, 0.2) is 36.2 Å². The number of hydrogen-bond donors (Lipinski definition) is 2. The Morgan fingerprint density at radius 2 is 2.14 bits per heavy atom. The summed E-state index contributed by atoms with van der Waals surface area (Å²) in [4.78, 5) is 18.5. The van der Waals surface area contributed by atoms with Gasteiger partial charge in [0.05, 0.1) is 5.69 Å². The second kappa shape index (κ2) is 4.83. The standard InChI is InChI=1S/C12H8F3N5O2/c13-12(14,15)10-18-11-17-7(9(21)22)5-8(20(11)19-10)6-3-1-2-4-16-6/h1-5,8H,(H,21,22)(H,17,18,19)/t8-/m0/s1. The maximum Gasteiger partial charge on any atom is 0.453 e. The molecule has 2 aromatic rings. The van der Waals surface area contributed by atoms with Gasteiger partial charge in [-0.25, -0.2) is 9.48 Å². The van der Waals surface area contributed by atoms with Gasteiger partial charge >= 0.3 is 12.1 Å². The Hall–Kier alpha value is -2.91. The average molecular weight is 311 g/mol. The van der Waals surface area contributed by atoms with Crippen LogP contribution in [0.1, 0.15) is 17.6 Å². The summed E-state index contributed by atoms with van der Waals surface area (Å²) in [5.74, 6) is -2.97. The molecule has 0 aliphatic carbocycles. The molecule has 7 nitrogen and oxygen atoms in total. The summed E-state index contributed by atoms with van der Waals surface area (Å²) >= 11 is 0. The van der Waals surface area contributed by atoms with E-state index >= 15 is 0 Å². The number of fused-ring (bicyclic) bond motifs is 1. The van der Waals surface area contributed by atoms with Gasteiger partial charge in [-0.15, -0.1) is 5.10 Å². The lowest BCUT2D eigenvalue weighted by molar-refractivity contribution is -0.145. The Kier molecular flexibility index (Phi) is 3.08. The molecular formula is C12H8F3N5O2. The highest BCUT2D eigenvalue weighted by molar-refractivity contribution is 5.90. The summed E-state index contributed by atoms with van der Waals surface area (Å²) in [6.07, 6.45) is -2.05. The summed E-state index contributed by atoms with van der Waals surface area (Å²) < 4.78 is 39.2. The van der Waals surface area contributed by atoms with Gasteiger partial charge in [0, 0.05) is 6.20 Å². The number of nitrogens with zero attached hydrogens (tertiary/aromatic N) is 4. The fourth-order valence-corrected chi connectivity index (χ4v) is 2.00. The monoisotopic (exact) mass is 311 g/mol. The number of hydrogen-bond acceptors (Lipinski definition) is 5. The van der Waals surface area contributed by atoms with E-state index in [2.05, 4.69) is 20.4 Å². The van der Waals surface area contributed by atoms with E-state index in [0.29, 0.717) is 5.69 Å². The van der Waals surface area contributed by atoms with Crippen LogP contribution in [0, 0.1) is 0 Å². The Morgan fingerprint density at radius 3 is 2.73 bits per heavy atom. The molecule has 114 valence electrons. The molecule has 0 saturated heterocycles. The quantitative estimate of drug-likeness (QED) is 0.876. The molecular weight excluding hydrogens is 303 g/mol. The van der Waals surface area contributed by atoms with E-state index < -0.39 is 24.0 Å². The van der Waals surface area contributed by atoms with E-state index in [1.54, 1.807) is 18.2 Å². The van der Waals surface area contributed by atoms with Crippen molar-refractivity contribution in [1.29, 1.82) is 0 Å². The highest BCUT2D eigenvalue weighted by atomic mass is 19.4. The van der Waals surface area contributed by atoms with Gasteiger partial charge in [0.25, 0.3) is 5.82 Å². The molecule has 10 heteroatoms. The highest BCUT2D eigenvalue weighted by Gasteiger charge is 2.39. The van der Waals surface area contributed by atoms with Gasteiger partial charge in [0.15, 0.2) is 0 Å². The van der Waals surface area contributed by atoms with Crippen molar-refractivity contribution in [3.63, 3.8) is 0 Å². The van der Waals surface area contributed by atoms with Crippen molar-refractivity contribution in [2.75, 3.05) is 5.32 Å². The molecule has 22 heavy (non-hydrogen) atoms. The zero-order chi connectivity index (χ0) is 15.9. The van der Waals surface area contributed by atoms with E-state index in [9.17, 15) is 18.0 Å². The molecule has 0 amide bonds. The van der Waals surface area contributed by atoms with E-state index in [1.807, 2.05) is 0 Å². The summed E-state index contributed by atoms with van der Waals surface area (Å²) in [5, 5.41) is 14.8. The van der Waals surface area contributed by atoms with Crippen LogP contribution in [0.2, 0.25) is 0 Å². The van der Waals surface area contributed by atoms with E-state index in [-0.39, 0.29) is 11.6 Å². The Bertz CT molecular complexity index is 754. The van der Waals surface area contributed by atoms with E-state index in [4.69, 9.17) is 5.11 Å². The van der Waals surface area contributed by atoms with Crippen molar-refractivity contribution in [3.8, 4) is 0 Å². The predicted octanol–water partition coefficient (Wildman–Crippen LogP) is 1.68. The minimum atomic E-state index is -4.73. The van der Waals surface area contributed by atoms with Crippen molar-refractivity contribution < 1.29 is 23.1 Å². The number of nitrogens with one attached hydrogen (secondary N) is 1. The molecule has 2 aromatic heterocycles. The van der Waals surface area contributed by atoms with Crippen LogP contribution in [0.3, 0.4) is 0 Å². The van der Waals surface area contributed by atoms with Gasteiger partial charge in [-0.2, -0.15) is 18.2 Å². The molecule has 3 heterocycles. The second-order valence-corrected chi connectivity index (χ2v) is 4.41. The van der Waals surface area contributed by atoms with Crippen molar-refractivity contribution in [2.24, 2.45) is 0 Å². The number of aromatic nitrogens is 4. The van der Waals surface area contributed by atoms with E-state index in [0.717, 1.165) is 4.68 Å². The number of allylic oxidation sites excluding steroid dienone is 1. The maximum atomic E-state index is 12.7. The number of carbonyl (C=O) groups is 1. The van der Waals surface area contributed by atoms with Crippen LogP contribution in [-0.4, -0.2) is 30.8 Å². The van der Waals surface area contributed by atoms with Crippen LogP contribution in [0.4, 0.5) is 19.1 Å². The molecule has 0 bridgehead atoms. The molecule has 0 unspecified atom stereocenters. The molecule has 2 N–H and O–H groups in total. The first kappa shape index (κ1) is 14.0. The zero-order valence-electron chi connectivity index (χ0n) is 10.7. The third-order valence-electron chi connectivity index (χ3n) is 2.94. The van der Waals surface area contributed by atoms with Gasteiger partial charge in [-0.05, 0) is 18.2 Å². The molecule has 0 radical (unpaired) electrons. The molecule has 1 atom stereocenters. The topological polar surface area (TPSA) is 92.9 Å². The SMILES string of the molecule is O=C(O)C1=C[C@@H](c2ccccn2)n2nc(C(F)(F)F)nc2N1. The van der Waals surface area contributed by atoms with Crippen molar-refractivity contribution >= 4 is 11.9 Å². The number of carboxylic acids is 1. The molecule has 0 fully saturated rings. The number of carboxylic acid groups (broad SMARTS) is 1. The lowest BCUT2D eigenvalue weighted by Crippen LogP contribution is -2.24. The Balaban J connectivity index is 2.13. The number of halogens is 3. The molecule has 3 rings (SSSR count). The Morgan fingerprint density at radius 1 is 1.36 bits per heavy atom. The number of aliphatic carboxylic acids is 1. The van der Waals surface area contributed by atoms with Gasteiger partial charge in [0.1, 0.15) is 11.7 Å². The van der Waals surface area contributed by atoms with E-state index in [1.165, 1.54) is 12.3 Å². The summed E-state index contributed by atoms with van der Waals surface area (Å²) in [7, 11) is 0. The normalized spacial score (nSPS) is 17.4. The smallest absolute Gasteiger partial charge is 0.453 e. The fourth-order valence-electron chi connectivity index (χ4n) is 2.00. The highest BCUT2D eigenvalue weighted by Crippen LogP contribution is 2.32. The first-order chi connectivity index (χ1) is 10.4. The minimum Gasteiger partial charge on any atom is -0.477 e. The predicted molar refractivity (Wildman–Crippen MR) is 66.7 cm³/mol. The molecule has 1 aliphatic heterocycles. The third kappa shape index (κ3) is 2.38. The van der Waals surface area contributed by atoms with Crippen LogP contribution in [0.25, 0.3) is 0 Å².